The highest BCUT2D eigenvalue weighted by atomic mass is 79.9. The number of nitrogens with one attached hydrogen (secondary N) is 1. The SMILES string of the molecule is O=C(N/N=C\c1cccn1-c1ccc(Br)cc1)c1cc2cc(Br)cc(Br)c2o1. The minimum absolute atomic E-state index is 0.189. The maximum absolute atomic E-state index is 12.4. The zero-order valence-electron chi connectivity index (χ0n) is 14.2. The van der Waals surface area contributed by atoms with Crippen LogP contribution in [0, 0.1) is 0 Å². The molecule has 0 radical (unpaired) electrons. The van der Waals surface area contributed by atoms with Crippen molar-refractivity contribution in [1.29, 1.82) is 0 Å². The summed E-state index contributed by atoms with van der Waals surface area (Å²) < 4.78 is 10.3. The monoisotopic (exact) mass is 563 g/mol. The lowest BCUT2D eigenvalue weighted by molar-refractivity contribution is 0.0929. The Balaban J connectivity index is 1.51. The van der Waals surface area contributed by atoms with Gasteiger partial charge < -0.3 is 8.98 Å². The molecule has 0 aliphatic heterocycles. The molecular formula is C20H12Br3N3O2. The van der Waals surface area contributed by atoms with Crippen molar-refractivity contribution in [2.24, 2.45) is 5.10 Å². The Morgan fingerprint density at radius 1 is 1.04 bits per heavy atom. The zero-order chi connectivity index (χ0) is 19.7. The number of nitrogens with zero attached hydrogens (tertiary/aromatic N) is 2. The molecule has 0 bridgehead atoms. The zero-order valence-corrected chi connectivity index (χ0v) is 19.0. The molecule has 4 rings (SSSR count). The maximum Gasteiger partial charge on any atom is 0.307 e. The van der Waals surface area contributed by atoms with E-state index in [0.29, 0.717) is 5.58 Å². The standard InChI is InChI=1S/C20H12Br3N3O2/c21-13-3-5-15(6-4-13)26-7-1-2-16(26)11-24-25-20(27)18-9-12-8-14(22)10-17(23)19(12)28-18/h1-11H,(H,25,27)/b24-11-. The fourth-order valence-corrected chi connectivity index (χ4v) is 4.34. The average molecular weight is 566 g/mol. The van der Waals surface area contributed by atoms with Gasteiger partial charge in [-0.05, 0) is 70.5 Å². The number of hydrogen-bond donors (Lipinski definition) is 1. The Labute approximate surface area is 185 Å². The van der Waals surface area contributed by atoms with Gasteiger partial charge in [-0.1, -0.05) is 31.9 Å². The fraction of sp³-hybridized carbons (Fsp3) is 0. The summed E-state index contributed by atoms with van der Waals surface area (Å²) in [6.45, 7) is 0. The highest BCUT2D eigenvalue weighted by molar-refractivity contribution is 9.11. The topological polar surface area (TPSA) is 59.5 Å². The molecule has 0 spiro atoms. The van der Waals surface area contributed by atoms with Gasteiger partial charge in [0.15, 0.2) is 5.76 Å². The van der Waals surface area contributed by atoms with Crippen LogP contribution in [-0.2, 0) is 0 Å². The first-order chi connectivity index (χ1) is 13.5. The van der Waals surface area contributed by atoms with E-state index in [-0.39, 0.29) is 5.76 Å². The van der Waals surface area contributed by atoms with Gasteiger partial charge in [-0.15, -0.1) is 0 Å². The van der Waals surface area contributed by atoms with E-state index in [0.717, 1.165) is 30.2 Å². The van der Waals surface area contributed by atoms with Gasteiger partial charge in [-0.25, -0.2) is 5.43 Å². The minimum Gasteiger partial charge on any atom is -0.450 e. The van der Waals surface area contributed by atoms with Crippen molar-refractivity contribution in [3.8, 4) is 5.69 Å². The van der Waals surface area contributed by atoms with Gasteiger partial charge in [0.25, 0.3) is 0 Å². The van der Waals surface area contributed by atoms with Crippen LogP contribution in [0.2, 0.25) is 0 Å². The molecule has 140 valence electrons. The molecule has 0 saturated heterocycles. The van der Waals surface area contributed by atoms with E-state index in [4.69, 9.17) is 4.42 Å². The van der Waals surface area contributed by atoms with Gasteiger partial charge in [-0.2, -0.15) is 5.10 Å². The van der Waals surface area contributed by atoms with Crippen LogP contribution in [0.15, 0.2) is 83.7 Å². The first-order valence-electron chi connectivity index (χ1n) is 8.16. The van der Waals surface area contributed by atoms with Crippen LogP contribution < -0.4 is 5.43 Å². The molecule has 8 heteroatoms. The molecule has 2 heterocycles. The molecule has 0 atom stereocenters. The number of aromatic nitrogens is 1. The number of fused-ring (bicyclic) bond motifs is 1. The quantitative estimate of drug-likeness (QED) is 0.234. The van der Waals surface area contributed by atoms with Crippen LogP contribution in [0.5, 0.6) is 0 Å². The Hall–Kier alpha value is -2.16. The summed E-state index contributed by atoms with van der Waals surface area (Å²) in [6.07, 6.45) is 3.52. The summed E-state index contributed by atoms with van der Waals surface area (Å²) in [5.41, 5.74) is 4.95. The number of furan rings is 1. The Morgan fingerprint density at radius 2 is 1.82 bits per heavy atom. The van der Waals surface area contributed by atoms with Crippen molar-refractivity contribution in [2.45, 2.75) is 0 Å². The second kappa shape index (κ2) is 8.06. The van der Waals surface area contributed by atoms with E-state index in [9.17, 15) is 4.79 Å². The summed E-state index contributed by atoms with van der Waals surface area (Å²) in [5.74, 6) is -0.230. The molecule has 0 aliphatic rings. The van der Waals surface area contributed by atoms with Crippen LogP contribution in [-0.4, -0.2) is 16.7 Å². The number of hydrogen-bond acceptors (Lipinski definition) is 3. The second-order valence-corrected chi connectivity index (χ2v) is 8.58. The first kappa shape index (κ1) is 19.2. The van der Waals surface area contributed by atoms with Crippen molar-refractivity contribution in [3.63, 3.8) is 0 Å². The van der Waals surface area contributed by atoms with E-state index in [1.165, 1.54) is 0 Å². The highest BCUT2D eigenvalue weighted by Gasteiger charge is 2.14. The smallest absolute Gasteiger partial charge is 0.307 e. The predicted molar refractivity (Wildman–Crippen MR) is 120 cm³/mol. The molecule has 4 aromatic rings. The lowest BCUT2D eigenvalue weighted by atomic mass is 10.2. The third-order valence-electron chi connectivity index (χ3n) is 4.01. The van der Waals surface area contributed by atoms with Crippen LogP contribution in [0.1, 0.15) is 16.2 Å². The number of amides is 1. The summed E-state index contributed by atoms with van der Waals surface area (Å²) >= 11 is 10.3. The van der Waals surface area contributed by atoms with E-state index in [2.05, 4.69) is 58.3 Å². The average Bonchev–Trinajstić information content (AvgIpc) is 3.29. The van der Waals surface area contributed by atoms with E-state index < -0.39 is 5.91 Å². The number of rotatable bonds is 4. The van der Waals surface area contributed by atoms with Crippen LogP contribution in [0.3, 0.4) is 0 Å². The molecule has 28 heavy (non-hydrogen) atoms. The van der Waals surface area contributed by atoms with Gasteiger partial charge in [-0.3, -0.25) is 4.79 Å². The Bertz CT molecular complexity index is 1190. The van der Waals surface area contributed by atoms with Crippen LogP contribution in [0.25, 0.3) is 16.7 Å². The minimum atomic E-state index is -0.419. The molecule has 1 N–H and O–H groups in total. The molecule has 0 unspecified atom stereocenters. The van der Waals surface area contributed by atoms with E-state index in [1.54, 1.807) is 12.3 Å². The van der Waals surface area contributed by atoms with Gasteiger partial charge >= 0.3 is 5.91 Å². The third kappa shape index (κ3) is 3.99. The maximum atomic E-state index is 12.4. The molecule has 0 saturated carbocycles. The van der Waals surface area contributed by atoms with Crippen molar-refractivity contribution in [3.05, 3.63) is 85.7 Å². The van der Waals surface area contributed by atoms with E-state index >= 15 is 0 Å². The predicted octanol–water partition coefficient (Wildman–Crippen LogP) is 6.27. The molecule has 0 fully saturated rings. The van der Waals surface area contributed by atoms with Crippen molar-refractivity contribution in [2.75, 3.05) is 0 Å². The van der Waals surface area contributed by atoms with Crippen molar-refractivity contribution >= 4 is 70.9 Å². The van der Waals surface area contributed by atoms with Crippen LogP contribution >= 0.6 is 47.8 Å². The third-order valence-corrected chi connectivity index (χ3v) is 5.58. The number of carbonyl (C=O) groups excluding carboxylic acids is 1. The lowest BCUT2D eigenvalue weighted by Crippen LogP contribution is -2.17. The lowest BCUT2D eigenvalue weighted by Gasteiger charge is -2.06. The molecule has 2 aromatic carbocycles. The number of carbonyl (C=O) groups is 1. The molecular weight excluding hydrogens is 554 g/mol. The number of hydrazone groups is 1. The van der Waals surface area contributed by atoms with Gasteiger partial charge in [0.1, 0.15) is 5.58 Å². The van der Waals surface area contributed by atoms with Gasteiger partial charge in [0.2, 0.25) is 0 Å². The summed E-state index contributed by atoms with van der Waals surface area (Å²) in [5, 5.41) is 4.89. The molecule has 5 nitrogen and oxygen atoms in total. The molecule has 2 aromatic heterocycles. The fourth-order valence-electron chi connectivity index (χ4n) is 2.74. The molecule has 1 amide bonds. The number of benzene rings is 2. The first-order valence-corrected chi connectivity index (χ1v) is 10.5. The van der Waals surface area contributed by atoms with Gasteiger partial charge in [0, 0.05) is 26.2 Å². The molecule has 0 aliphatic carbocycles. The van der Waals surface area contributed by atoms with E-state index in [1.807, 2.05) is 59.3 Å². The number of halogens is 3. The Morgan fingerprint density at radius 3 is 2.61 bits per heavy atom. The normalized spacial score (nSPS) is 11.4. The largest absolute Gasteiger partial charge is 0.450 e. The summed E-state index contributed by atoms with van der Waals surface area (Å²) in [7, 11) is 0. The van der Waals surface area contributed by atoms with Gasteiger partial charge in [0.05, 0.1) is 16.4 Å². The Kier molecular flexibility index (Phi) is 5.52. The second-order valence-electron chi connectivity index (χ2n) is 5.90. The van der Waals surface area contributed by atoms with Crippen LogP contribution in [0.4, 0.5) is 0 Å². The summed E-state index contributed by atoms with van der Waals surface area (Å²) in [4.78, 5) is 12.4. The van der Waals surface area contributed by atoms with Crippen molar-refractivity contribution in [1.82, 2.24) is 9.99 Å². The van der Waals surface area contributed by atoms with Crippen molar-refractivity contribution < 1.29 is 9.21 Å². The summed E-state index contributed by atoms with van der Waals surface area (Å²) in [6, 6.07) is 17.2. The highest BCUT2D eigenvalue weighted by Crippen LogP contribution is 2.30.